The van der Waals surface area contributed by atoms with Gasteiger partial charge in [-0.05, 0) is 44.9 Å². The third kappa shape index (κ3) is 3.62. The summed E-state index contributed by atoms with van der Waals surface area (Å²) < 4.78 is 0. The van der Waals surface area contributed by atoms with Crippen molar-refractivity contribution in [1.82, 2.24) is 9.80 Å². The smallest absolute Gasteiger partial charge is 0.0195 e. The van der Waals surface area contributed by atoms with Gasteiger partial charge >= 0.3 is 0 Å². The topological polar surface area (TPSA) is 6.48 Å². The molecule has 1 saturated heterocycles. The van der Waals surface area contributed by atoms with Gasteiger partial charge in [-0.1, -0.05) is 13.8 Å². The predicted octanol–water partition coefficient (Wildman–Crippen LogP) is 2.75. The van der Waals surface area contributed by atoms with Crippen molar-refractivity contribution in [2.75, 3.05) is 32.4 Å². The Morgan fingerprint density at radius 1 is 1.12 bits per heavy atom. The average Bonchev–Trinajstić information content (AvgIpc) is 2.33. The fourth-order valence-electron chi connectivity index (χ4n) is 2.86. The predicted molar refractivity (Wildman–Crippen MR) is 80.0 cm³/mol. The molecule has 17 heavy (non-hydrogen) atoms. The standard InChI is InChI=1S/C14H30N2S/c1-6-14(7-2,11-17)10-16-8-12(3)15(5)13(4)9-16/h12-13,17H,6-11H2,1-5H3. The van der Waals surface area contributed by atoms with Crippen LogP contribution in [0.5, 0.6) is 0 Å². The molecule has 2 nitrogen and oxygen atoms in total. The molecule has 0 saturated carbocycles. The summed E-state index contributed by atoms with van der Waals surface area (Å²) in [5, 5.41) is 0. The highest BCUT2D eigenvalue weighted by molar-refractivity contribution is 7.80. The molecule has 0 amide bonds. The molecule has 0 N–H and O–H groups in total. The Bertz CT molecular complexity index is 208. The number of rotatable bonds is 5. The lowest BCUT2D eigenvalue weighted by molar-refractivity contribution is 0.0340. The zero-order valence-corrected chi connectivity index (χ0v) is 13.1. The van der Waals surface area contributed by atoms with Gasteiger partial charge in [0.2, 0.25) is 0 Å². The van der Waals surface area contributed by atoms with Crippen molar-refractivity contribution in [2.24, 2.45) is 5.41 Å². The van der Waals surface area contributed by atoms with Crippen LogP contribution in [0.3, 0.4) is 0 Å². The van der Waals surface area contributed by atoms with E-state index in [1.54, 1.807) is 0 Å². The largest absolute Gasteiger partial charge is 0.300 e. The number of piperazine rings is 1. The minimum Gasteiger partial charge on any atom is -0.300 e. The summed E-state index contributed by atoms with van der Waals surface area (Å²) in [6, 6.07) is 1.34. The van der Waals surface area contributed by atoms with Gasteiger partial charge in [-0.15, -0.1) is 0 Å². The van der Waals surface area contributed by atoms with Gasteiger partial charge in [-0.3, -0.25) is 9.80 Å². The van der Waals surface area contributed by atoms with Gasteiger partial charge in [-0.25, -0.2) is 0 Å². The quantitative estimate of drug-likeness (QED) is 0.758. The molecule has 102 valence electrons. The monoisotopic (exact) mass is 258 g/mol. The second-order valence-electron chi connectivity index (χ2n) is 5.92. The molecule has 2 unspecified atom stereocenters. The van der Waals surface area contributed by atoms with E-state index in [0.29, 0.717) is 17.5 Å². The highest BCUT2D eigenvalue weighted by Crippen LogP contribution is 2.30. The molecule has 0 aromatic heterocycles. The molecule has 1 aliphatic heterocycles. The maximum absolute atomic E-state index is 4.59. The Hall–Kier alpha value is 0.270. The minimum absolute atomic E-state index is 0.415. The zero-order valence-electron chi connectivity index (χ0n) is 12.2. The van der Waals surface area contributed by atoms with Crippen molar-refractivity contribution in [1.29, 1.82) is 0 Å². The summed E-state index contributed by atoms with van der Waals surface area (Å²) in [4.78, 5) is 5.15. The van der Waals surface area contributed by atoms with Crippen molar-refractivity contribution in [3.8, 4) is 0 Å². The first-order chi connectivity index (χ1) is 7.98. The summed E-state index contributed by atoms with van der Waals surface area (Å²) in [6.07, 6.45) is 2.48. The Morgan fingerprint density at radius 2 is 1.59 bits per heavy atom. The zero-order chi connectivity index (χ0) is 13.1. The fraction of sp³-hybridized carbons (Fsp3) is 1.00. The van der Waals surface area contributed by atoms with Gasteiger partial charge < -0.3 is 0 Å². The number of likely N-dealkylation sites (N-methyl/N-ethyl adjacent to an activating group) is 1. The lowest BCUT2D eigenvalue weighted by atomic mass is 9.83. The van der Waals surface area contributed by atoms with E-state index in [4.69, 9.17) is 0 Å². The molecule has 0 bridgehead atoms. The van der Waals surface area contributed by atoms with Crippen LogP contribution in [0, 0.1) is 5.41 Å². The maximum Gasteiger partial charge on any atom is 0.0195 e. The third-order valence-corrected chi connectivity index (χ3v) is 5.50. The normalized spacial score (nSPS) is 28.6. The molecule has 2 atom stereocenters. The highest BCUT2D eigenvalue weighted by atomic mass is 32.1. The van der Waals surface area contributed by atoms with Gasteiger partial charge in [0, 0.05) is 31.7 Å². The number of thiol groups is 1. The lowest BCUT2D eigenvalue weighted by Gasteiger charge is -2.46. The van der Waals surface area contributed by atoms with Crippen LogP contribution in [0.15, 0.2) is 0 Å². The maximum atomic E-state index is 4.59. The summed E-state index contributed by atoms with van der Waals surface area (Å²) in [6.45, 7) is 12.9. The highest BCUT2D eigenvalue weighted by Gasteiger charge is 2.32. The summed E-state index contributed by atoms with van der Waals surface area (Å²) in [7, 11) is 2.25. The van der Waals surface area contributed by atoms with Crippen LogP contribution in [-0.4, -0.2) is 54.3 Å². The minimum atomic E-state index is 0.415. The van der Waals surface area contributed by atoms with Crippen molar-refractivity contribution in [3.05, 3.63) is 0 Å². The van der Waals surface area contributed by atoms with Crippen LogP contribution in [0.1, 0.15) is 40.5 Å². The van der Waals surface area contributed by atoms with Crippen LogP contribution in [0.2, 0.25) is 0 Å². The molecule has 3 heteroatoms. The number of hydrogen-bond donors (Lipinski definition) is 1. The first-order valence-electron chi connectivity index (χ1n) is 7.03. The van der Waals surface area contributed by atoms with Crippen molar-refractivity contribution < 1.29 is 0 Å². The Kier molecular flexibility index (Phi) is 5.81. The van der Waals surface area contributed by atoms with E-state index in [1.807, 2.05) is 0 Å². The van der Waals surface area contributed by atoms with E-state index in [0.717, 1.165) is 5.75 Å². The molecule has 1 fully saturated rings. The van der Waals surface area contributed by atoms with Gasteiger partial charge in [0.25, 0.3) is 0 Å². The van der Waals surface area contributed by atoms with E-state index in [2.05, 4.69) is 57.2 Å². The first-order valence-corrected chi connectivity index (χ1v) is 7.66. The van der Waals surface area contributed by atoms with Gasteiger partial charge in [0.15, 0.2) is 0 Å². The van der Waals surface area contributed by atoms with Crippen molar-refractivity contribution in [3.63, 3.8) is 0 Å². The molecule has 1 rings (SSSR count). The Morgan fingerprint density at radius 3 is 1.94 bits per heavy atom. The average molecular weight is 258 g/mol. The first kappa shape index (κ1) is 15.3. The van der Waals surface area contributed by atoms with E-state index in [1.165, 1.54) is 32.5 Å². The molecule has 0 aromatic carbocycles. The summed E-state index contributed by atoms with van der Waals surface area (Å²) >= 11 is 4.59. The van der Waals surface area contributed by atoms with Crippen LogP contribution in [0.4, 0.5) is 0 Å². The lowest BCUT2D eigenvalue weighted by Crippen LogP contribution is -2.57. The van der Waals surface area contributed by atoms with E-state index in [-0.39, 0.29) is 0 Å². The molecule has 1 heterocycles. The van der Waals surface area contributed by atoms with Crippen molar-refractivity contribution in [2.45, 2.75) is 52.6 Å². The van der Waals surface area contributed by atoms with E-state index in [9.17, 15) is 0 Å². The summed E-state index contributed by atoms with van der Waals surface area (Å²) in [5.41, 5.74) is 0.415. The molecule has 0 aromatic rings. The van der Waals surface area contributed by atoms with Gasteiger partial charge in [-0.2, -0.15) is 12.6 Å². The van der Waals surface area contributed by atoms with Crippen LogP contribution in [-0.2, 0) is 0 Å². The molecule has 0 aliphatic carbocycles. The molecular formula is C14H30N2S. The van der Waals surface area contributed by atoms with Crippen molar-refractivity contribution >= 4 is 12.6 Å². The Balaban J connectivity index is 2.62. The van der Waals surface area contributed by atoms with E-state index >= 15 is 0 Å². The molecule has 1 aliphatic rings. The fourth-order valence-corrected chi connectivity index (χ4v) is 3.41. The van der Waals surface area contributed by atoms with Crippen LogP contribution < -0.4 is 0 Å². The van der Waals surface area contributed by atoms with Gasteiger partial charge in [0.05, 0.1) is 0 Å². The molecule has 0 radical (unpaired) electrons. The second-order valence-corrected chi connectivity index (χ2v) is 6.24. The van der Waals surface area contributed by atoms with Crippen LogP contribution >= 0.6 is 12.6 Å². The van der Waals surface area contributed by atoms with Crippen LogP contribution in [0.25, 0.3) is 0 Å². The van der Waals surface area contributed by atoms with Gasteiger partial charge in [0.1, 0.15) is 0 Å². The summed E-state index contributed by atoms with van der Waals surface area (Å²) in [5.74, 6) is 1.01. The third-order valence-electron chi connectivity index (χ3n) is 4.83. The Labute approximate surface area is 113 Å². The molecule has 0 spiro atoms. The number of nitrogens with zero attached hydrogens (tertiary/aromatic N) is 2. The SMILES string of the molecule is CCC(CC)(CS)CN1CC(C)N(C)C(C)C1. The van der Waals surface area contributed by atoms with E-state index < -0.39 is 0 Å². The molecular weight excluding hydrogens is 228 g/mol. The second kappa shape index (κ2) is 6.44. The number of hydrogen-bond acceptors (Lipinski definition) is 3.